The van der Waals surface area contributed by atoms with E-state index < -0.39 is 34.7 Å². The van der Waals surface area contributed by atoms with Crippen molar-refractivity contribution in [1.29, 1.82) is 0 Å². The van der Waals surface area contributed by atoms with Crippen molar-refractivity contribution < 1.29 is 27.9 Å². The lowest BCUT2D eigenvalue weighted by molar-refractivity contribution is -0.251. The highest BCUT2D eigenvalue weighted by Gasteiger charge is 2.40. The summed E-state index contributed by atoms with van der Waals surface area (Å²) in [6.07, 6.45) is -0.160. The summed E-state index contributed by atoms with van der Waals surface area (Å²) in [5.74, 6) is 0.540. The second-order valence-corrected chi connectivity index (χ2v) is 12.2. The first-order chi connectivity index (χ1) is 13.2. The number of carbonyl (C=O) groups excluding carboxylic acids is 1. The molecule has 1 N–H and O–H groups in total. The summed E-state index contributed by atoms with van der Waals surface area (Å²) >= 11 is 5.55. The predicted octanol–water partition coefficient (Wildman–Crippen LogP) is 1.98. The largest absolute Gasteiger partial charge is 0.530 e. The number of benzene rings is 1. The van der Waals surface area contributed by atoms with Crippen LogP contribution in [-0.2, 0) is 38.3 Å². The van der Waals surface area contributed by atoms with E-state index in [1.54, 1.807) is 19.1 Å². The molecule has 0 saturated carbocycles. The third-order valence-corrected chi connectivity index (χ3v) is 10.4. The average Bonchev–Trinajstić information content (AvgIpc) is 2.94. The zero-order valence-corrected chi connectivity index (χ0v) is 18.5. The van der Waals surface area contributed by atoms with Crippen molar-refractivity contribution >= 4 is 35.5 Å². The molecule has 2 unspecified atom stereocenters. The van der Waals surface area contributed by atoms with Gasteiger partial charge in [0, 0.05) is 18.5 Å². The molecule has 8 nitrogen and oxygen atoms in total. The molecule has 0 spiro atoms. The van der Waals surface area contributed by atoms with Crippen molar-refractivity contribution in [2.75, 3.05) is 19.8 Å². The molecule has 2 atom stereocenters. The van der Waals surface area contributed by atoms with Crippen LogP contribution in [0.2, 0.25) is 0 Å². The van der Waals surface area contributed by atoms with Gasteiger partial charge in [0.2, 0.25) is 0 Å². The van der Waals surface area contributed by atoms with E-state index in [0.29, 0.717) is 37.4 Å². The minimum Gasteiger partial charge on any atom is -0.530 e. The molecule has 2 heterocycles. The van der Waals surface area contributed by atoms with Gasteiger partial charge >= 0.3 is 0 Å². The maximum atomic E-state index is 13.5. The third-order valence-electron chi connectivity index (χ3n) is 4.40. The highest BCUT2D eigenvalue weighted by atomic mass is 32.5. The van der Waals surface area contributed by atoms with Crippen LogP contribution in [0.3, 0.4) is 0 Å². The second kappa shape index (κ2) is 8.38. The van der Waals surface area contributed by atoms with Gasteiger partial charge in [-0.3, -0.25) is 0 Å². The standard InChI is InChI=1S/C17H25N2O6PS2/c1-4-19(26(27)23-9-6-10-24-26)28(22)15(18-16(20)21)13-8-5-7-12-11-17(2,3)25-14(12)13/h5,7-8,15,18H,4,6,9-11H2,1-3H3,(H,20,21)/p-1. The fourth-order valence-electron chi connectivity index (χ4n) is 3.30. The van der Waals surface area contributed by atoms with Crippen LogP contribution in [-0.4, -0.2) is 39.7 Å². The van der Waals surface area contributed by atoms with E-state index in [1.807, 2.05) is 19.9 Å². The number of nitrogens with one attached hydrogen (secondary N) is 1. The number of carbonyl (C=O) groups is 1. The monoisotopic (exact) mass is 447 g/mol. The Morgan fingerprint density at radius 3 is 2.71 bits per heavy atom. The van der Waals surface area contributed by atoms with Crippen LogP contribution in [0.15, 0.2) is 18.2 Å². The van der Waals surface area contributed by atoms with Crippen LogP contribution in [0.25, 0.3) is 0 Å². The lowest BCUT2D eigenvalue weighted by Gasteiger charge is -2.36. The van der Waals surface area contributed by atoms with E-state index in [-0.39, 0.29) is 6.54 Å². The summed E-state index contributed by atoms with van der Waals surface area (Å²) in [7, 11) is -1.90. The van der Waals surface area contributed by atoms with Gasteiger partial charge < -0.3 is 29.0 Å². The molecular formula is C17H24N2O6PS2-. The van der Waals surface area contributed by atoms with E-state index in [2.05, 4.69) is 5.32 Å². The first-order valence-electron chi connectivity index (χ1n) is 9.03. The minimum absolute atomic E-state index is 0.274. The summed E-state index contributed by atoms with van der Waals surface area (Å²) < 4.78 is 32.3. The highest BCUT2D eigenvalue weighted by molar-refractivity contribution is 8.12. The molecule has 3 rings (SSSR count). The van der Waals surface area contributed by atoms with Gasteiger partial charge in [0.05, 0.1) is 13.2 Å². The lowest BCUT2D eigenvalue weighted by Crippen LogP contribution is -2.44. The second-order valence-electron chi connectivity index (χ2n) is 7.12. The van der Waals surface area contributed by atoms with Gasteiger partial charge in [-0.2, -0.15) is 0 Å². The fraction of sp³-hybridized carbons (Fsp3) is 0.588. The van der Waals surface area contributed by atoms with Crippen LogP contribution in [0.4, 0.5) is 4.79 Å². The molecule has 1 amide bonds. The van der Waals surface area contributed by atoms with Crippen molar-refractivity contribution in [1.82, 2.24) is 9.39 Å². The number of hydrogen-bond acceptors (Lipinski definition) is 7. The van der Waals surface area contributed by atoms with Crippen LogP contribution >= 0.6 is 6.64 Å². The predicted molar refractivity (Wildman–Crippen MR) is 107 cm³/mol. The molecule has 0 aromatic heterocycles. The highest BCUT2D eigenvalue weighted by Crippen LogP contribution is 2.56. The summed E-state index contributed by atoms with van der Waals surface area (Å²) in [4.78, 5) is 11.4. The summed E-state index contributed by atoms with van der Waals surface area (Å²) in [5.41, 5.74) is 0.974. The van der Waals surface area contributed by atoms with E-state index in [4.69, 9.17) is 25.6 Å². The van der Waals surface area contributed by atoms with Crippen molar-refractivity contribution in [3.05, 3.63) is 29.3 Å². The van der Waals surface area contributed by atoms with E-state index in [1.165, 1.54) is 4.08 Å². The maximum Gasteiger partial charge on any atom is 0.275 e. The number of ether oxygens (including phenoxy) is 1. The first kappa shape index (κ1) is 21.7. The fourth-order valence-corrected chi connectivity index (χ4v) is 8.53. The quantitative estimate of drug-likeness (QED) is 0.666. The molecule has 0 bridgehead atoms. The van der Waals surface area contributed by atoms with E-state index >= 15 is 0 Å². The van der Waals surface area contributed by atoms with Gasteiger partial charge in [-0.05, 0) is 37.6 Å². The van der Waals surface area contributed by atoms with Crippen molar-refractivity contribution in [3.63, 3.8) is 0 Å². The van der Waals surface area contributed by atoms with Gasteiger partial charge in [-0.25, -0.2) is 4.21 Å². The Morgan fingerprint density at radius 1 is 1.43 bits per heavy atom. The zero-order chi connectivity index (χ0) is 20.5. The topological polar surface area (TPSA) is 100 Å². The normalized spacial score (nSPS) is 22.1. The molecule has 11 heteroatoms. The molecular weight excluding hydrogens is 423 g/mol. The van der Waals surface area contributed by atoms with Crippen LogP contribution in [0.1, 0.15) is 43.7 Å². The number of amides is 1. The molecule has 1 saturated heterocycles. The van der Waals surface area contributed by atoms with Crippen LogP contribution < -0.4 is 15.2 Å². The molecule has 1 aromatic rings. The molecule has 1 fully saturated rings. The zero-order valence-electron chi connectivity index (χ0n) is 16.0. The Kier molecular flexibility index (Phi) is 6.48. The van der Waals surface area contributed by atoms with Crippen LogP contribution in [0, 0.1) is 0 Å². The Bertz CT molecular complexity index is 824. The maximum absolute atomic E-state index is 13.5. The average molecular weight is 447 g/mol. The number of para-hydroxylation sites is 1. The smallest absolute Gasteiger partial charge is 0.275 e. The van der Waals surface area contributed by atoms with Gasteiger partial charge in [-0.1, -0.05) is 25.1 Å². The van der Waals surface area contributed by atoms with Gasteiger partial charge in [-0.15, -0.1) is 4.08 Å². The number of rotatable bonds is 6. The van der Waals surface area contributed by atoms with Gasteiger partial charge in [0.15, 0.2) is 0 Å². The number of nitrogens with zero attached hydrogens (tertiary/aromatic N) is 1. The van der Waals surface area contributed by atoms with Gasteiger partial charge in [0.25, 0.3) is 6.64 Å². The van der Waals surface area contributed by atoms with Crippen molar-refractivity contribution in [3.8, 4) is 5.75 Å². The Morgan fingerprint density at radius 2 is 2.11 bits per heavy atom. The van der Waals surface area contributed by atoms with Crippen molar-refractivity contribution in [2.24, 2.45) is 0 Å². The molecule has 2 aliphatic rings. The van der Waals surface area contributed by atoms with E-state index in [0.717, 1.165) is 5.56 Å². The van der Waals surface area contributed by atoms with Crippen molar-refractivity contribution in [2.45, 2.75) is 44.6 Å². The Balaban J connectivity index is 2.00. The molecule has 0 radical (unpaired) electrons. The Hall–Kier alpha value is -1.03. The lowest BCUT2D eigenvalue weighted by atomic mass is 10.0. The van der Waals surface area contributed by atoms with Gasteiger partial charge in [0.1, 0.15) is 33.8 Å². The van der Waals surface area contributed by atoms with E-state index in [9.17, 15) is 14.1 Å². The molecule has 2 aliphatic heterocycles. The minimum atomic E-state index is -2.97. The molecule has 156 valence electrons. The summed E-state index contributed by atoms with van der Waals surface area (Å²) in [6, 6.07) is 5.41. The first-order valence-corrected chi connectivity index (χ1v) is 12.8. The number of fused-ring (bicyclic) bond motifs is 1. The number of hydrogen-bond donors (Lipinski definition) is 1. The SMILES string of the molecule is CCN(S(=O)C(NC(=O)[O-])c1cccc2c1OC(C)(C)C2)P1(=S)OCCCO1. The van der Waals surface area contributed by atoms with Crippen LogP contribution in [0.5, 0.6) is 5.75 Å². The Labute approximate surface area is 172 Å². The third kappa shape index (κ3) is 4.42. The molecule has 0 aliphatic carbocycles. The summed E-state index contributed by atoms with van der Waals surface area (Å²) in [6.45, 7) is 3.81. The molecule has 1 aromatic carbocycles. The number of carboxylic acid groups (broad SMARTS) is 1. The molecule has 28 heavy (non-hydrogen) atoms. The summed E-state index contributed by atoms with van der Waals surface area (Å²) in [5, 5.41) is 12.5.